The van der Waals surface area contributed by atoms with Crippen LogP contribution in [0.25, 0.3) is 16.9 Å². The van der Waals surface area contributed by atoms with Gasteiger partial charge in [0.05, 0.1) is 22.9 Å². The van der Waals surface area contributed by atoms with Gasteiger partial charge in [-0.2, -0.15) is 0 Å². The smallest absolute Gasteiger partial charge is 0.338 e. The molecule has 34 heavy (non-hydrogen) atoms. The first-order valence-electron chi connectivity index (χ1n) is 10.6. The Labute approximate surface area is 194 Å². The van der Waals surface area contributed by atoms with Gasteiger partial charge in [-0.3, -0.25) is 13.8 Å². The maximum absolute atomic E-state index is 13.7. The number of nitrogens with one attached hydrogen (secondary N) is 1. The zero-order chi connectivity index (χ0) is 23.8. The number of anilines is 1. The number of rotatable bonds is 4. The van der Waals surface area contributed by atoms with Crippen molar-refractivity contribution >= 4 is 22.9 Å². The number of hydrogen-bond acceptors (Lipinski definition) is 5. The van der Waals surface area contributed by atoms with Gasteiger partial charge in [-0.15, -0.1) is 5.10 Å². The zero-order valence-corrected chi connectivity index (χ0v) is 18.6. The summed E-state index contributed by atoms with van der Waals surface area (Å²) in [7, 11) is 0. The summed E-state index contributed by atoms with van der Waals surface area (Å²) in [5.41, 5.74) is 8.84. The fourth-order valence-corrected chi connectivity index (χ4v) is 4.05. The third-order valence-corrected chi connectivity index (χ3v) is 5.56. The van der Waals surface area contributed by atoms with Crippen LogP contribution in [0.5, 0.6) is 0 Å². The van der Waals surface area contributed by atoms with E-state index in [1.165, 1.54) is 4.52 Å². The highest BCUT2D eigenvalue weighted by molar-refractivity contribution is 6.04. The van der Waals surface area contributed by atoms with Crippen molar-refractivity contribution in [2.45, 2.75) is 19.9 Å². The maximum atomic E-state index is 13.7. The molecule has 0 aliphatic heterocycles. The molecule has 0 saturated carbocycles. The highest BCUT2D eigenvalue weighted by Crippen LogP contribution is 2.22. The van der Waals surface area contributed by atoms with E-state index in [0.717, 1.165) is 0 Å². The second kappa shape index (κ2) is 8.26. The Hall–Kier alpha value is -4.84. The molecule has 3 N–H and O–H groups in total. The van der Waals surface area contributed by atoms with E-state index in [2.05, 4.69) is 27.2 Å². The lowest BCUT2D eigenvalue weighted by atomic mass is 10.1. The van der Waals surface area contributed by atoms with Crippen LogP contribution >= 0.6 is 0 Å². The van der Waals surface area contributed by atoms with Gasteiger partial charge >= 0.3 is 5.69 Å². The van der Waals surface area contributed by atoms with Gasteiger partial charge in [0.25, 0.3) is 5.91 Å². The average molecular weight is 451 g/mol. The van der Waals surface area contributed by atoms with Gasteiger partial charge in [0.2, 0.25) is 0 Å². The van der Waals surface area contributed by atoms with Crippen LogP contribution in [0.15, 0.2) is 71.8 Å². The number of nitrogen functional groups attached to an aromatic ring is 1. The number of nitrogens with zero attached hydrogens (tertiary/aromatic N) is 5. The summed E-state index contributed by atoms with van der Waals surface area (Å²) in [5.74, 6) is 5.46. The fourth-order valence-electron chi connectivity index (χ4n) is 4.05. The standard InChI is InChI=1S/C25H21N7O2/c1-3-8-17-11-12-19-15-20(32(25(34)31(17)19)18-9-5-4-6-10-18)16(2)28-24(33)21-22(26)29-30-14-7-13-27-23(21)30/h4-7,9-16H,1-2H3,(H2,26,29)(H,28,33)/t16-/m1/s1. The molecule has 9 heteroatoms. The van der Waals surface area contributed by atoms with Gasteiger partial charge < -0.3 is 11.1 Å². The Balaban J connectivity index is 1.64. The van der Waals surface area contributed by atoms with Crippen LogP contribution in [-0.4, -0.2) is 29.5 Å². The number of fused-ring (bicyclic) bond motifs is 2. The lowest BCUT2D eigenvalue weighted by Crippen LogP contribution is -2.34. The van der Waals surface area contributed by atoms with Crippen molar-refractivity contribution in [1.29, 1.82) is 0 Å². The predicted molar refractivity (Wildman–Crippen MR) is 129 cm³/mol. The Bertz CT molecular complexity index is 1670. The first kappa shape index (κ1) is 21.0. The summed E-state index contributed by atoms with van der Waals surface area (Å²) in [6.45, 7) is 3.54. The van der Waals surface area contributed by atoms with Gasteiger partial charge in [0.15, 0.2) is 11.5 Å². The summed E-state index contributed by atoms with van der Waals surface area (Å²) < 4.78 is 4.60. The summed E-state index contributed by atoms with van der Waals surface area (Å²) in [4.78, 5) is 31.1. The fraction of sp³-hybridized carbons (Fsp3) is 0.120. The minimum absolute atomic E-state index is 0.0775. The number of aromatic nitrogens is 5. The number of amides is 1. The molecule has 0 aliphatic carbocycles. The van der Waals surface area contributed by atoms with Gasteiger partial charge in [0, 0.05) is 12.4 Å². The Morgan fingerprint density at radius 1 is 1.15 bits per heavy atom. The van der Waals surface area contributed by atoms with Crippen molar-refractivity contribution in [1.82, 2.24) is 28.9 Å². The highest BCUT2D eigenvalue weighted by Gasteiger charge is 2.23. The van der Waals surface area contributed by atoms with Crippen molar-refractivity contribution in [3.8, 4) is 17.5 Å². The number of nitrogens with two attached hydrogens (primary N) is 1. The zero-order valence-electron chi connectivity index (χ0n) is 18.6. The molecule has 0 spiro atoms. The number of benzene rings is 1. The quantitative estimate of drug-likeness (QED) is 0.408. The molecule has 0 saturated heterocycles. The van der Waals surface area contributed by atoms with Gasteiger partial charge in [0.1, 0.15) is 11.3 Å². The van der Waals surface area contributed by atoms with Crippen LogP contribution in [-0.2, 0) is 0 Å². The first-order chi connectivity index (χ1) is 16.5. The minimum Gasteiger partial charge on any atom is -0.381 e. The molecule has 5 rings (SSSR count). The molecule has 1 amide bonds. The van der Waals surface area contributed by atoms with Crippen LogP contribution in [0.4, 0.5) is 5.82 Å². The maximum Gasteiger partial charge on any atom is 0.338 e. The lowest BCUT2D eigenvalue weighted by Gasteiger charge is -2.20. The summed E-state index contributed by atoms with van der Waals surface area (Å²) in [6.07, 6.45) is 3.24. The first-order valence-corrected chi connectivity index (χ1v) is 10.6. The molecule has 1 atom stereocenters. The summed E-state index contributed by atoms with van der Waals surface area (Å²) in [5, 5.41) is 7.11. The van der Waals surface area contributed by atoms with E-state index < -0.39 is 11.9 Å². The van der Waals surface area contributed by atoms with Crippen LogP contribution in [0.1, 0.15) is 41.6 Å². The van der Waals surface area contributed by atoms with E-state index in [9.17, 15) is 9.59 Å². The van der Waals surface area contributed by atoms with Crippen molar-refractivity contribution in [3.63, 3.8) is 0 Å². The summed E-state index contributed by atoms with van der Waals surface area (Å²) >= 11 is 0. The lowest BCUT2D eigenvalue weighted by molar-refractivity contribution is 0.0941. The third-order valence-electron chi connectivity index (χ3n) is 5.56. The second-order valence-corrected chi connectivity index (χ2v) is 7.72. The number of para-hydroxylation sites is 1. The molecular weight excluding hydrogens is 430 g/mol. The van der Waals surface area contributed by atoms with Crippen LogP contribution in [0.2, 0.25) is 0 Å². The number of hydrogen-bond donors (Lipinski definition) is 2. The molecule has 0 bridgehead atoms. The van der Waals surface area contributed by atoms with Crippen LogP contribution in [0.3, 0.4) is 0 Å². The van der Waals surface area contributed by atoms with E-state index >= 15 is 0 Å². The Kier molecular flexibility index (Phi) is 5.11. The second-order valence-electron chi connectivity index (χ2n) is 7.72. The van der Waals surface area contributed by atoms with Crippen molar-refractivity contribution < 1.29 is 4.79 Å². The van der Waals surface area contributed by atoms with Gasteiger partial charge in [-0.25, -0.2) is 14.3 Å². The topological polar surface area (TPSA) is 112 Å². The monoisotopic (exact) mass is 451 g/mol. The molecule has 4 aromatic heterocycles. The normalized spacial score (nSPS) is 11.8. The number of carbonyl (C=O) groups excluding carboxylic acids is 1. The van der Waals surface area contributed by atoms with Gasteiger partial charge in [-0.1, -0.05) is 24.1 Å². The molecule has 5 aromatic rings. The SMILES string of the molecule is CC#Cc1ccc2cc([C@@H](C)NC(=O)c3c(N)nn4cccnc34)n(-c3ccccc3)c(=O)n12. The van der Waals surface area contributed by atoms with Crippen molar-refractivity contribution in [3.05, 3.63) is 94.4 Å². The highest BCUT2D eigenvalue weighted by atomic mass is 16.2. The Morgan fingerprint density at radius 3 is 2.71 bits per heavy atom. The van der Waals surface area contributed by atoms with Crippen molar-refractivity contribution in [2.75, 3.05) is 5.73 Å². The third kappa shape index (κ3) is 3.38. The average Bonchev–Trinajstić information content (AvgIpc) is 3.39. The molecule has 1 aromatic carbocycles. The summed E-state index contributed by atoms with van der Waals surface area (Å²) in [6, 6.07) is 15.9. The molecule has 9 nitrogen and oxygen atoms in total. The molecular formula is C25H21N7O2. The van der Waals surface area contributed by atoms with E-state index in [0.29, 0.717) is 28.2 Å². The predicted octanol–water partition coefficient (Wildman–Crippen LogP) is 2.58. The number of carbonyl (C=O) groups is 1. The van der Waals surface area contributed by atoms with E-state index in [1.54, 1.807) is 40.4 Å². The van der Waals surface area contributed by atoms with Crippen molar-refractivity contribution in [2.24, 2.45) is 0 Å². The van der Waals surface area contributed by atoms with Crippen LogP contribution < -0.4 is 16.7 Å². The molecule has 168 valence electrons. The largest absolute Gasteiger partial charge is 0.381 e. The minimum atomic E-state index is -0.543. The molecule has 0 radical (unpaired) electrons. The van der Waals surface area contributed by atoms with E-state index in [1.807, 2.05) is 49.4 Å². The Morgan fingerprint density at radius 2 is 1.94 bits per heavy atom. The van der Waals surface area contributed by atoms with Crippen LogP contribution in [0, 0.1) is 11.8 Å². The molecule has 0 fully saturated rings. The van der Waals surface area contributed by atoms with E-state index in [-0.39, 0.29) is 17.1 Å². The molecule has 0 unspecified atom stereocenters. The molecule has 4 heterocycles. The molecule has 0 aliphatic rings. The van der Waals surface area contributed by atoms with E-state index in [4.69, 9.17) is 5.73 Å². The van der Waals surface area contributed by atoms with Gasteiger partial charge in [-0.05, 0) is 56.2 Å².